The van der Waals surface area contributed by atoms with Gasteiger partial charge in [0, 0.05) is 0 Å². The first-order valence-corrected chi connectivity index (χ1v) is 8.41. The fourth-order valence-electron chi connectivity index (χ4n) is 3.52. The molecule has 0 saturated heterocycles. The van der Waals surface area contributed by atoms with Crippen LogP contribution in [-0.2, 0) is 6.42 Å². The van der Waals surface area contributed by atoms with E-state index < -0.39 is 0 Å². The summed E-state index contributed by atoms with van der Waals surface area (Å²) in [6.45, 7) is 9.16. The van der Waals surface area contributed by atoms with Crippen LogP contribution in [0.2, 0.25) is 0 Å². The Morgan fingerprint density at radius 1 is 1.15 bits per heavy atom. The third-order valence-electron chi connectivity index (χ3n) is 4.61. The Balaban J connectivity index is 1.89. The second-order valence-electron chi connectivity index (χ2n) is 7.05. The molecule has 1 N–H and O–H groups in total. The van der Waals surface area contributed by atoms with Crippen molar-refractivity contribution < 1.29 is 0 Å². The van der Waals surface area contributed by atoms with Gasteiger partial charge in [-0.15, -0.1) is 0 Å². The summed E-state index contributed by atoms with van der Waals surface area (Å²) in [4.78, 5) is 0. The largest absolute Gasteiger partial charge is 0.316 e. The first-order valence-electron chi connectivity index (χ1n) is 8.41. The highest BCUT2D eigenvalue weighted by atomic mass is 14.9. The molecule has 1 fully saturated rings. The Labute approximate surface area is 125 Å². The van der Waals surface area contributed by atoms with Gasteiger partial charge in [-0.2, -0.15) is 0 Å². The molecule has 20 heavy (non-hydrogen) atoms. The molecule has 0 aromatic heterocycles. The zero-order valence-electron chi connectivity index (χ0n) is 13.5. The lowest BCUT2D eigenvalue weighted by atomic mass is 9.76. The summed E-state index contributed by atoms with van der Waals surface area (Å²) in [6, 6.07) is 9.08. The molecular weight excluding hydrogens is 242 g/mol. The zero-order chi connectivity index (χ0) is 14.4. The van der Waals surface area contributed by atoms with Gasteiger partial charge in [-0.25, -0.2) is 0 Å². The monoisotopic (exact) mass is 273 g/mol. The second-order valence-corrected chi connectivity index (χ2v) is 7.05. The van der Waals surface area contributed by atoms with Gasteiger partial charge in [0.1, 0.15) is 0 Å². The van der Waals surface area contributed by atoms with Gasteiger partial charge >= 0.3 is 0 Å². The number of nitrogens with one attached hydrogen (secondary N) is 1. The molecular formula is C19H31N. The third kappa shape index (κ3) is 4.94. The number of benzene rings is 1. The van der Waals surface area contributed by atoms with Gasteiger partial charge in [0.05, 0.1) is 0 Å². The molecule has 0 heterocycles. The van der Waals surface area contributed by atoms with E-state index in [0.717, 1.165) is 24.3 Å². The summed E-state index contributed by atoms with van der Waals surface area (Å²) in [5.74, 6) is 2.52. The second kappa shape index (κ2) is 7.83. The van der Waals surface area contributed by atoms with Crippen molar-refractivity contribution in [3.05, 3.63) is 35.4 Å². The van der Waals surface area contributed by atoms with Gasteiger partial charge in [0.2, 0.25) is 0 Å². The van der Waals surface area contributed by atoms with Gasteiger partial charge in [0.15, 0.2) is 0 Å². The van der Waals surface area contributed by atoms with Gasteiger partial charge in [-0.1, -0.05) is 56.5 Å². The maximum atomic E-state index is 3.68. The van der Waals surface area contributed by atoms with Crippen molar-refractivity contribution in [2.24, 2.45) is 17.8 Å². The van der Waals surface area contributed by atoms with Crippen LogP contribution in [0.15, 0.2) is 24.3 Å². The predicted molar refractivity (Wildman–Crippen MR) is 88.0 cm³/mol. The van der Waals surface area contributed by atoms with E-state index in [1.807, 2.05) is 0 Å². The minimum Gasteiger partial charge on any atom is -0.316 e. The van der Waals surface area contributed by atoms with Crippen LogP contribution in [0, 0.1) is 24.7 Å². The van der Waals surface area contributed by atoms with Crippen molar-refractivity contribution >= 4 is 0 Å². The van der Waals surface area contributed by atoms with E-state index in [1.165, 1.54) is 49.8 Å². The van der Waals surface area contributed by atoms with Gasteiger partial charge in [-0.05, 0) is 62.6 Å². The Kier molecular flexibility index (Phi) is 6.09. The van der Waals surface area contributed by atoms with E-state index in [2.05, 4.69) is 50.4 Å². The molecule has 1 saturated carbocycles. The van der Waals surface area contributed by atoms with Crippen molar-refractivity contribution in [3.63, 3.8) is 0 Å². The minimum absolute atomic E-state index is 0.758. The average molecular weight is 273 g/mol. The Hall–Kier alpha value is -0.820. The summed E-state index contributed by atoms with van der Waals surface area (Å²) < 4.78 is 0. The SMILES string of the molecule is Cc1cccc(CC2CCCCC2CNCC(C)C)c1. The Morgan fingerprint density at radius 2 is 1.90 bits per heavy atom. The summed E-state index contributed by atoms with van der Waals surface area (Å²) in [5.41, 5.74) is 2.93. The molecule has 0 bridgehead atoms. The van der Waals surface area contributed by atoms with Crippen LogP contribution in [0.25, 0.3) is 0 Å². The van der Waals surface area contributed by atoms with Crippen molar-refractivity contribution in [1.82, 2.24) is 5.32 Å². The lowest BCUT2D eigenvalue weighted by Crippen LogP contribution is -2.33. The standard InChI is InChI=1S/C19H31N/c1-15(2)13-20-14-19-10-5-4-9-18(19)12-17-8-6-7-16(3)11-17/h6-8,11,15,18-20H,4-5,9-10,12-14H2,1-3H3. The van der Waals surface area contributed by atoms with Gasteiger partial charge < -0.3 is 5.32 Å². The summed E-state index contributed by atoms with van der Waals surface area (Å²) in [6.07, 6.45) is 6.97. The van der Waals surface area contributed by atoms with Crippen LogP contribution < -0.4 is 5.32 Å². The lowest BCUT2D eigenvalue weighted by molar-refractivity contribution is 0.226. The number of hydrogen-bond acceptors (Lipinski definition) is 1. The molecule has 1 aromatic carbocycles. The quantitative estimate of drug-likeness (QED) is 0.799. The molecule has 1 nitrogen and oxygen atoms in total. The molecule has 2 rings (SSSR count). The molecule has 0 spiro atoms. The molecule has 0 radical (unpaired) electrons. The maximum Gasteiger partial charge on any atom is -0.00176 e. The fraction of sp³-hybridized carbons (Fsp3) is 0.684. The van der Waals surface area contributed by atoms with Crippen molar-refractivity contribution in [2.45, 2.75) is 52.9 Å². The van der Waals surface area contributed by atoms with Crippen LogP contribution in [0.4, 0.5) is 0 Å². The smallest absolute Gasteiger partial charge is 0.00176 e. The third-order valence-corrected chi connectivity index (χ3v) is 4.61. The van der Waals surface area contributed by atoms with Gasteiger partial charge in [-0.3, -0.25) is 0 Å². The normalized spacial score (nSPS) is 23.2. The maximum absolute atomic E-state index is 3.68. The molecule has 1 aliphatic carbocycles. The molecule has 1 aromatic rings. The Morgan fingerprint density at radius 3 is 2.60 bits per heavy atom. The van der Waals surface area contributed by atoms with Crippen LogP contribution in [0.5, 0.6) is 0 Å². The van der Waals surface area contributed by atoms with E-state index in [4.69, 9.17) is 0 Å². The van der Waals surface area contributed by atoms with Crippen LogP contribution >= 0.6 is 0 Å². The first-order chi connectivity index (χ1) is 9.65. The minimum atomic E-state index is 0.758. The highest BCUT2D eigenvalue weighted by Crippen LogP contribution is 2.32. The average Bonchev–Trinajstić information content (AvgIpc) is 2.40. The topological polar surface area (TPSA) is 12.0 Å². The summed E-state index contributed by atoms with van der Waals surface area (Å²) in [7, 11) is 0. The van der Waals surface area contributed by atoms with Crippen molar-refractivity contribution in [3.8, 4) is 0 Å². The van der Waals surface area contributed by atoms with E-state index in [9.17, 15) is 0 Å². The van der Waals surface area contributed by atoms with E-state index in [-0.39, 0.29) is 0 Å². The Bertz CT molecular complexity index is 397. The highest BCUT2D eigenvalue weighted by Gasteiger charge is 2.24. The molecule has 112 valence electrons. The number of rotatable bonds is 6. The van der Waals surface area contributed by atoms with E-state index in [1.54, 1.807) is 0 Å². The molecule has 2 atom stereocenters. The van der Waals surface area contributed by atoms with Crippen molar-refractivity contribution in [2.75, 3.05) is 13.1 Å². The summed E-state index contributed by atoms with van der Waals surface area (Å²) in [5, 5.41) is 3.68. The van der Waals surface area contributed by atoms with Crippen LogP contribution in [0.3, 0.4) is 0 Å². The van der Waals surface area contributed by atoms with Gasteiger partial charge in [0.25, 0.3) is 0 Å². The predicted octanol–water partition coefficient (Wildman–Crippen LogP) is 4.59. The fourth-order valence-corrected chi connectivity index (χ4v) is 3.52. The summed E-state index contributed by atoms with van der Waals surface area (Å²) >= 11 is 0. The molecule has 0 amide bonds. The highest BCUT2D eigenvalue weighted by molar-refractivity contribution is 5.22. The number of aryl methyl sites for hydroxylation is 1. The van der Waals surface area contributed by atoms with E-state index >= 15 is 0 Å². The van der Waals surface area contributed by atoms with E-state index in [0.29, 0.717) is 0 Å². The lowest BCUT2D eigenvalue weighted by Gasteiger charge is -2.32. The molecule has 0 aliphatic heterocycles. The number of hydrogen-bond donors (Lipinski definition) is 1. The molecule has 2 unspecified atom stereocenters. The van der Waals surface area contributed by atoms with Crippen LogP contribution in [-0.4, -0.2) is 13.1 Å². The van der Waals surface area contributed by atoms with Crippen molar-refractivity contribution in [1.29, 1.82) is 0 Å². The van der Waals surface area contributed by atoms with Crippen LogP contribution in [0.1, 0.15) is 50.7 Å². The first kappa shape index (κ1) is 15.6. The molecule has 1 aliphatic rings. The molecule has 1 heteroatoms. The zero-order valence-corrected chi connectivity index (χ0v) is 13.5.